The summed E-state index contributed by atoms with van der Waals surface area (Å²) in [6.45, 7) is 4.26. The first-order valence-electron chi connectivity index (χ1n) is 20.2. The van der Waals surface area contributed by atoms with Crippen molar-refractivity contribution < 1.29 is 45.1 Å². The number of nitrogens with two attached hydrogens (primary N) is 6. The Morgan fingerprint density at radius 2 is 0.845 bits per heavy atom. The van der Waals surface area contributed by atoms with Crippen LogP contribution in [0.1, 0.15) is 20.8 Å². The number of carbonyl (C=O) groups is 2. The van der Waals surface area contributed by atoms with Gasteiger partial charge < -0.3 is 44.6 Å². The molecular weight excluding hydrogens is 1050 g/mol. The van der Waals surface area contributed by atoms with Crippen LogP contribution < -0.4 is 39.1 Å². The maximum atomic E-state index is 12.7. The van der Waals surface area contributed by atoms with Crippen LogP contribution in [0, 0.1) is 0 Å². The Balaban J connectivity index is 0.000000233. The molecule has 0 radical (unpaired) electrons. The van der Waals surface area contributed by atoms with Crippen LogP contribution in [0.2, 0.25) is 15.1 Å². The van der Waals surface area contributed by atoms with Gasteiger partial charge in [-0.2, -0.15) is 23.6 Å². The molecule has 6 rings (SSSR count). The number of nitrogens with zero attached hydrogens (tertiary/aromatic N) is 8. The number of aromatic nitrogens is 3. The number of pyridine rings is 3. The van der Waals surface area contributed by atoms with Crippen molar-refractivity contribution in [2.75, 3.05) is 32.7 Å². The van der Waals surface area contributed by atoms with Crippen LogP contribution in [0.4, 0.5) is 17.5 Å². The van der Waals surface area contributed by atoms with Crippen LogP contribution in [0.25, 0.3) is 32.3 Å². The van der Waals surface area contributed by atoms with E-state index in [9.17, 15) is 34.8 Å². The zero-order chi connectivity index (χ0) is 53.2. The molecule has 0 bridgehead atoms. The number of benzene rings is 3. The Morgan fingerprint density at radius 3 is 1.14 bits per heavy atom. The Bertz CT molecular complexity index is 3430. The number of hydrogen-bond donors (Lipinski definition) is 9. The topological polar surface area (TPSA) is 427 Å². The van der Waals surface area contributed by atoms with Crippen LogP contribution >= 0.6 is 34.8 Å². The van der Waals surface area contributed by atoms with Gasteiger partial charge in [0.1, 0.15) is 13.1 Å². The summed E-state index contributed by atoms with van der Waals surface area (Å²) >= 11 is 18.2. The number of guanidine groups is 3. The van der Waals surface area contributed by atoms with Gasteiger partial charge in [-0.25, -0.2) is 44.9 Å². The summed E-state index contributed by atoms with van der Waals surface area (Å²) in [5.41, 5.74) is 32.2. The molecule has 0 aliphatic heterocycles. The number of fused-ring (bicyclic) bond motifs is 3. The second-order valence-corrected chi connectivity index (χ2v) is 21.0. The van der Waals surface area contributed by atoms with E-state index in [1.807, 2.05) is 0 Å². The lowest BCUT2D eigenvalue weighted by atomic mass is 10.1. The minimum absolute atomic E-state index is 0.00512. The van der Waals surface area contributed by atoms with Gasteiger partial charge in [-0.3, -0.25) is 9.59 Å². The molecule has 0 saturated heterocycles. The maximum absolute atomic E-state index is 12.7. The van der Waals surface area contributed by atoms with Gasteiger partial charge in [0.25, 0.3) is 0 Å². The van der Waals surface area contributed by atoms with Crippen LogP contribution in [-0.4, -0.2) is 122 Å². The van der Waals surface area contributed by atoms with Crippen LogP contribution in [0.3, 0.4) is 0 Å². The van der Waals surface area contributed by atoms with Crippen LogP contribution in [0.15, 0.2) is 103 Å². The molecular formula is C40H46Cl3N15O10S3. The van der Waals surface area contributed by atoms with Gasteiger partial charge in [0, 0.05) is 70.5 Å². The molecule has 3 heterocycles. The summed E-state index contributed by atoms with van der Waals surface area (Å²) in [7, 11) is -11.6. The molecule has 31 heteroatoms. The fourth-order valence-corrected chi connectivity index (χ4v) is 10.9. The van der Waals surface area contributed by atoms with Crippen molar-refractivity contribution in [1.82, 2.24) is 28.3 Å². The van der Waals surface area contributed by atoms with Crippen molar-refractivity contribution in [3.63, 3.8) is 0 Å². The number of carboxylic acids is 2. The van der Waals surface area contributed by atoms with Crippen LogP contribution in [0.5, 0.6) is 0 Å². The van der Waals surface area contributed by atoms with Gasteiger partial charge in [0.15, 0.2) is 35.3 Å². The van der Waals surface area contributed by atoms with E-state index in [1.54, 1.807) is 32.9 Å². The van der Waals surface area contributed by atoms with E-state index in [0.717, 1.165) is 6.07 Å². The standard InChI is InChI=1S/C14H14ClN5O6S.C14H18ClN5O2S.C12H14ClN5O2S/c15-10-4-18-13(19-14(16)17)9-3-7(1-2-8(9)10)27(25,26)20(5-11(21)22)6-12(23)24;1-3-20(4-2)23(21,22)9-5-6-10-11(7-9)13(19-14(16)17)18-8-12(10)15;1-2-17-21(19,20)7-3-4-8-9(5-7)11(18-12(14)15)16-6-10(8)13/h1-4H,5-6H2,(H,21,22)(H,23,24)(H4,16,17,18,19);5-8H,3-4H2,1-2H3,(H4,16,17,18,19);3-6,17H,2H2,1H3,(H4,14,15,16,18). The van der Waals surface area contributed by atoms with Gasteiger partial charge in [-0.1, -0.05) is 73.8 Å². The molecule has 0 atom stereocenters. The van der Waals surface area contributed by atoms with E-state index in [4.69, 9.17) is 79.4 Å². The Kier molecular flexibility index (Phi) is 19.1. The molecule has 0 aliphatic rings. The zero-order valence-corrected chi connectivity index (χ0v) is 42.2. The highest BCUT2D eigenvalue weighted by Crippen LogP contribution is 2.35. The number of aliphatic imine (C=N–C) groups is 3. The highest BCUT2D eigenvalue weighted by molar-refractivity contribution is 7.90. The first-order valence-corrected chi connectivity index (χ1v) is 25.6. The third-order valence-electron chi connectivity index (χ3n) is 9.32. The zero-order valence-electron chi connectivity index (χ0n) is 37.5. The average molecular weight is 1100 g/mol. The maximum Gasteiger partial charge on any atom is 0.318 e. The van der Waals surface area contributed by atoms with E-state index in [1.165, 1.54) is 59.3 Å². The van der Waals surface area contributed by atoms with Crippen molar-refractivity contribution in [3.8, 4) is 0 Å². The number of carboxylic acid groups (broad SMARTS) is 2. The number of halogens is 3. The molecule has 71 heavy (non-hydrogen) atoms. The predicted molar refractivity (Wildman–Crippen MR) is 272 cm³/mol. The van der Waals surface area contributed by atoms with Gasteiger partial charge in [0.2, 0.25) is 30.1 Å². The quantitative estimate of drug-likeness (QED) is 0.0497. The molecule has 0 spiro atoms. The molecule has 380 valence electrons. The lowest BCUT2D eigenvalue weighted by Gasteiger charge is -2.18. The number of sulfonamides is 3. The lowest BCUT2D eigenvalue weighted by molar-refractivity contribution is -0.139. The van der Waals surface area contributed by atoms with Crippen molar-refractivity contribution in [1.29, 1.82) is 0 Å². The number of hydrogen-bond acceptors (Lipinski definition) is 14. The second kappa shape index (κ2) is 23.9. The summed E-state index contributed by atoms with van der Waals surface area (Å²) in [4.78, 5) is 45.4. The minimum Gasteiger partial charge on any atom is -0.480 e. The summed E-state index contributed by atoms with van der Waals surface area (Å²) in [5.74, 6) is -3.25. The highest BCUT2D eigenvalue weighted by atomic mass is 35.5. The van der Waals surface area contributed by atoms with Crippen molar-refractivity contribution >= 4 is 144 Å². The fraction of sp³-hybridized carbons (Fsp3) is 0.200. The Morgan fingerprint density at radius 1 is 0.535 bits per heavy atom. The molecule has 0 amide bonds. The molecule has 15 N–H and O–H groups in total. The molecule has 0 unspecified atom stereocenters. The number of rotatable bonds is 16. The normalized spacial score (nSPS) is 11.6. The predicted octanol–water partition coefficient (Wildman–Crippen LogP) is 2.87. The van der Waals surface area contributed by atoms with Crippen molar-refractivity contribution in [2.24, 2.45) is 49.4 Å². The van der Waals surface area contributed by atoms with Gasteiger partial charge in [-0.05, 0) is 36.4 Å². The number of nitrogens with one attached hydrogen (secondary N) is 1. The lowest BCUT2D eigenvalue weighted by Crippen LogP contribution is -2.39. The average Bonchev–Trinajstić information content (AvgIpc) is 3.29. The molecule has 3 aromatic heterocycles. The monoisotopic (exact) mass is 1100 g/mol. The summed E-state index contributed by atoms with van der Waals surface area (Å²) in [6, 6.07) is 12.8. The molecule has 25 nitrogen and oxygen atoms in total. The smallest absolute Gasteiger partial charge is 0.318 e. The van der Waals surface area contributed by atoms with Gasteiger partial charge >= 0.3 is 11.9 Å². The summed E-state index contributed by atoms with van der Waals surface area (Å²) in [5, 5.41) is 21.5. The Labute approximate surface area is 421 Å². The van der Waals surface area contributed by atoms with Gasteiger partial charge in [-0.15, -0.1) is 0 Å². The minimum atomic E-state index is -4.45. The van der Waals surface area contributed by atoms with Crippen molar-refractivity contribution in [2.45, 2.75) is 35.5 Å². The fourth-order valence-electron chi connectivity index (χ4n) is 6.31. The van der Waals surface area contributed by atoms with E-state index < -0.39 is 55.1 Å². The third-order valence-corrected chi connectivity index (χ3v) is 15.6. The first-order chi connectivity index (χ1) is 33.2. The second-order valence-electron chi connectivity index (χ2n) is 14.2. The molecule has 3 aromatic carbocycles. The van der Waals surface area contributed by atoms with E-state index >= 15 is 0 Å². The first kappa shape index (κ1) is 56.8. The SMILES string of the molecule is CCN(CC)S(=O)(=O)c1ccc2c(Cl)cnc(N=C(N)N)c2c1.CCNS(=O)(=O)c1ccc2c(Cl)cnc(N=C(N)N)c2c1.NC(N)=Nc1ncc(Cl)c2ccc(S(=O)(=O)N(CC(=O)O)CC(=O)O)cc12. The Hall–Kier alpha value is -6.76. The van der Waals surface area contributed by atoms with E-state index in [2.05, 4.69) is 34.7 Å². The third kappa shape index (κ3) is 14.2. The van der Waals surface area contributed by atoms with E-state index in [-0.39, 0.29) is 67.0 Å². The molecule has 0 fully saturated rings. The number of aliphatic carboxylic acids is 2. The van der Waals surface area contributed by atoms with Crippen molar-refractivity contribution in [3.05, 3.63) is 88.3 Å². The largest absolute Gasteiger partial charge is 0.480 e. The highest BCUT2D eigenvalue weighted by Gasteiger charge is 2.29. The van der Waals surface area contributed by atoms with Gasteiger partial charge in [0.05, 0.1) is 29.8 Å². The molecule has 0 saturated carbocycles. The summed E-state index contributed by atoms with van der Waals surface area (Å²) in [6.07, 6.45) is 4.11. The van der Waals surface area contributed by atoms with E-state index in [0.29, 0.717) is 54.4 Å². The molecule has 0 aliphatic carbocycles. The summed E-state index contributed by atoms with van der Waals surface area (Å²) < 4.78 is 78.9. The van der Waals surface area contributed by atoms with Crippen LogP contribution in [-0.2, 0) is 39.7 Å². The molecule has 6 aromatic rings.